The summed E-state index contributed by atoms with van der Waals surface area (Å²) in [6.45, 7) is -3.91. The third-order valence-electron chi connectivity index (χ3n) is 9.15. The second kappa shape index (κ2) is 14.3. The summed E-state index contributed by atoms with van der Waals surface area (Å²) in [4.78, 5) is 32.1. The average Bonchev–Trinajstić information content (AvgIpc) is 3.02. The van der Waals surface area contributed by atoms with Gasteiger partial charge in [-0.3, -0.25) is 19.6 Å². The smallest absolute Gasteiger partial charge is 0.403 e. The molecule has 3 aromatic carbocycles. The van der Waals surface area contributed by atoms with Gasteiger partial charge in [-0.2, -0.15) is 39.5 Å². The summed E-state index contributed by atoms with van der Waals surface area (Å²) < 4.78 is 121. The number of nitrogens with zero attached hydrogens (tertiary/aromatic N) is 3. The molecule has 16 heteroatoms. The highest BCUT2D eigenvalue weighted by atomic mass is 19.4. The average molecular weight is 729 g/mol. The summed E-state index contributed by atoms with van der Waals surface area (Å²) in [7, 11) is 1.35. The van der Waals surface area contributed by atoms with Crippen LogP contribution in [-0.4, -0.2) is 89.6 Å². The van der Waals surface area contributed by atoms with Gasteiger partial charge in [0.2, 0.25) is 5.91 Å². The Balaban J connectivity index is 1.44. The van der Waals surface area contributed by atoms with Crippen LogP contribution in [0.5, 0.6) is 0 Å². The summed E-state index contributed by atoms with van der Waals surface area (Å²) in [5.74, 6) is -3.23. The molecule has 1 aliphatic rings. The van der Waals surface area contributed by atoms with E-state index in [0.717, 1.165) is 9.80 Å². The van der Waals surface area contributed by atoms with Crippen molar-refractivity contribution < 1.29 is 54.2 Å². The van der Waals surface area contributed by atoms with Gasteiger partial charge in [0.25, 0.3) is 0 Å². The van der Waals surface area contributed by atoms with Crippen LogP contribution in [0.3, 0.4) is 0 Å². The first-order valence-corrected chi connectivity index (χ1v) is 15.8. The number of aliphatic carboxylic acids is 1. The Morgan fingerprint density at radius 2 is 1.43 bits per heavy atom. The number of carboxylic acids is 1. The Morgan fingerprint density at radius 1 is 0.843 bits per heavy atom. The first-order valence-electron chi connectivity index (χ1n) is 15.8. The van der Waals surface area contributed by atoms with Gasteiger partial charge in [0.15, 0.2) is 0 Å². The predicted molar refractivity (Wildman–Crippen MR) is 171 cm³/mol. The number of amides is 1. The predicted octanol–water partition coefficient (Wildman–Crippen LogP) is 7.37. The maximum atomic E-state index is 14.4. The number of halogens is 9. The van der Waals surface area contributed by atoms with Gasteiger partial charge in [0.1, 0.15) is 11.5 Å². The van der Waals surface area contributed by atoms with E-state index in [1.807, 2.05) is 5.32 Å². The number of piperidine rings is 1. The second-order valence-corrected chi connectivity index (χ2v) is 12.8. The van der Waals surface area contributed by atoms with E-state index in [4.69, 9.17) is 0 Å². The molecule has 5 rings (SSSR count). The number of carbonyl (C=O) groups is 2. The number of aromatic nitrogens is 1. The number of nitrogens with one attached hydrogen (secondary N) is 1. The largest absolute Gasteiger partial charge is 0.480 e. The standard InChI is InChI=1S/C35H33F9N4O3/c1-47(19-33(36,37)38)18-22-17-45-29(26-8-3-2-7-24(22)26)27-11-5-9-23-21(6-4-10-25(23)27)16-28(30(49)50)46-31(51)32(35(42,43)44)12-14-48(15-13-32)20-34(39,40)41/h2-11,17,28H,12-16,18-20H2,1H3,(H,46,51)(H,49,50)/t28-/m0/s1. The van der Waals surface area contributed by atoms with Crippen LogP contribution in [0, 0.1) is 5.41 Å². The third kappa shape index (κ3) is 8.55. The van der Waals surface area contributed by atoms with Crippen molar-refractivity contribution in [3.63, 3.8) is 0 Å². The minimum Gasteiger partial charge on any atom is -0.480 e. The Hall–Kier alpha value is -4.44. The molecule has 274 valence electrons. The minimum atomic E-state index is -5.15. The van der Waals surface area contributed by atoms with E-state index < -0.39 is 87.3 Å². The van der Waals surface area contributed by atoms with Gasteiger partial charge in [-0.05, 0) is 60.3 Å². The van der Waals surface area contributed by atoms with Crippen LogP contribution in [0.1, 0.15) is 24.0 Å². The lowest BCUT2D eigenvalue weighted by molar-refractivity contribution is -0.236. The second-order valence-electron chi connectivity index (χ2n) is 12.8. The Bertz CT molecular complexity index is 1900. The zero-order valence-electron chi connectivity index (χ0n) is 27.1. The molecule has 0 radical (unpaired) electrons. The fourth-order valence-electron chi connectivity index (χ4n) is 6.71. The highest BCUT2D eigenvalue weighted by Crippen LogP contribution is 2.47. The highest BCUT2D eigenvalue weighted by molar-refractivity contribution is 6.05. The summed E-state index contributed by atoms with van der Waals surface area (Å²) in [6.07, 6.45) is -15.1. The lowest BCUT2D eigenvalue weighted by atomic mass is 9.76. The molecule has 0 saturated carbocycles. The van der Waals surface area contributed by atoms with Crippen molar-refractivity contribution in [2.75, 3.05) is 33.2 Å². The number of carbonyl (C=O) groups excluding carboxylic acids is 1. The van der Waals surface area contributed by atoms with Gasteiger partial charge in [0.05, 0.1) is 18.8 Å². The molecule has 0 bridgehead atoms. The van der Waals surface area contributed by atoms with Crippen molar-refractivity contribution in [3.05, 3.63) is 78.0 Å². The van der Waals surface area contributed by atoms with Gasteiger partial charge >= 0.3 is 24.5 Å². The minimum absolute atomic E-state index is 0.0310. The number of likely N-dealkylation sites (tertiary alicyclic amines) is 1. The molecule has 0 spiro atoms. The SMILES string of the molecule is CN(Cc1cnc(-c2cccc3c(C[C@H](NC(=O)C4(C(F)(F)F)CCN(CC(F)(F)F)CC4)C(=O)O)cccc23)c2ccccc12)CC(F)(F)F. The molecule has 51 heavy (non-hydrogen) atoms. The quantitative estimate of drug-likeness (QED) is 0.166. The monoisotopic (exact) mass is 728 g/mol. The number of pyridine rings is 1. The number of hydrogen-bond acceptors (Lipinski definition) is 5. The zero-order chi connectivity index (χ0) is 37.4. The maximum absolute atomic E-state index is 14.4. The molecule has 1 amide bonds. The molecular formula is C35H33F9N4O3. The molecular weight excluding hydrogens is 695 g/mol. The topological polar surface area (TPSA) is 85.8 Å². The number of hydrogen-bond donors (Lipinski definition) is 2. The van der Waals surface area contributed by atoms with Crippen LogP contribution < -0.4 is 5.32 Å². The molecule has 2 heterocycles. The molecule has 1 aliphatic heterocycles. The molecule has 2 N–H and O–H groups in total. The van der Waals surface area contributed by atoms with Crippen molar-refractivity contribution in [2.45, 2.75) is 50.4 Å². The van der Waals surface area contributed by atoms with Crippen molar-refractivity contribution in [1.29, 1.82) is 0 Å². The molecule has 1 saturated heterocycles. The molecule has 4 aromatic rings. The number of rotatable bonds is 10. The molecule has 7 nitrogen and oxygen atoms in total. The number of benzene rings is 3. The first kappa shape index (κ1) is 37.8. The summed E-state index contributed by atoms with van der Waals surface area (Å²) in [6, 6.07) is 15.2. The Morgan fingerprint density at radius 3 is 2.04 bits per heavy atom. The summed E-state index contributed by atoms with van der Waals surface area (Å²) in [5, 5.41) is 14.5. The van der Waals surface area contributed by atoms with Crippen molar-refractivity contribution in [3.8, 4) is 11.3 Å². The number of fused-ring (bicyclic) bond motifs is 2. The molecule has 0 aliphatic carbocycles. The van der Waals surface area contributed by atoms with E-state index in [0.29, 0.717) is 43.9 Å². The normalized spacial score (nSPS) is 16.5. The van der Waals surface area contributed by atoms with E-state index in [-0.39, 0.29) is 6.54 Å². The molecule has 0 unspecified atom stereocenters. The van der Waals surface area contributed by atoms with Gasteiger partial charge < -0.3 is 10.4 Å². The fraction of sp³-hybridized carbons (Fsp3) is 0.400. The van der Waals surface area contributed by atoms with E-state index in [1.165, 1.54) is 13.2 Å². The van der Waals surface area contributed by atoms with Crippen LogP contribution in [0.4, 0.5) is 39.5 Å². The van der Waals surface area contributed by atoms with Crippen LogP contribution in [0.25, 0.3) is 32.8 Å². The van der Waals surface area contributed by atoms with Crippen molar-refractivity contribution >= 4 is 33.4 Å². The number of carboxylic acid groups (broad SMARTS) is 1. The maximum Gasteiger partial charge on any atom is 0.403 e. The van der Waals surface area contributed by atoms with E-state index >= 15 is 0 Å². The molecule has 1 aromatic heterocycles. The van der Waals surface area contributed by atoms with Gasteiger partial charge in [0, 0.05) is 30.1 Å². The fourth-order valence-corrected chi connectivity index (χ4v) is 6.71. The van der Waals surface area contributed by atoms with Crippen LogP contribution in [0.2, 0.25) is 0 Å². The number of alkyl halides is 9. The summed E-state index contributed by atoms with van der Waals surface area (Å²) >= 11 is 0. The highest BCUT2D eigenvalue weighted by Gasteiger charge is 2.61. The molecule has 1 atom stereocenters. The van der Waals surface area contributed by atoms with Crippen LogP contribution in [-0.2, 0) is 22.6 Å². The summed E-state index contributed by atoms with van der Waals surface area (Å²) in [5.41, 5.74) is -1.06. The van der Waals surface area contributed by atoms with E-state index in [1.54, 1.807) is 60.7 Å². The van der Waals surface area contributed by atoms with E-state index in [2.05, 4.69) is 4.98 Å². The van der Waals surface area contributed by atoms with Gasteiger partial charge in [-0.15, -0.1) is 0 Å². The lowest BCUT2D eigenvalue weighted by Crippen LogP contribution is -2.59. The Labute approximate surface area is 286 Å². The van der Waals surface area contributed by atoms with Crippen molar-refractivity contribution in [2.24, 2.45) is 5.41 Å². The van der Waals surface area contributed by atoms with Gasteiger partial charge in [-0.25, -0.2) is 4.79 Å². The van der Waals surface area contributed by atoms with Crippen LogP contribution in [0.15, 0.2) is 66.9 Å². The third-order valence-corrected chi connectivity index (χ3v) is 9.15. The zero-order valence-corrected chi connectivity index (χ0v) is 27.1. The Kier molecular flexibility index (Phi) is 10.6. The first-order chi connectivity index (χ1) is 23.8. The molecule has 1 fully saturated rings. The van der Waals surface area contributed by atoms with Crippen molar-refractivity contribution in [1.82, 2.24) is 20.1 Å². The van der Waals surface area contributed by atoms with Crippen LogP contribution >= 0.6 is 0 Å². The van der Waals surface area contributed by atoms with E-state index in [9.17, 15) is 54.2 Å². The lowest BCUT2D eigenvalue weighted by Gasteiger charge is -2.42. The van der Waals surface area contributed by atoms with Gasteiger partial charge in [-0.1, -0.05) is 60.7 Å².